The lowest BCUT2D eigenvalue weighted by molar-refractivity contribution is 0.442. The van der Waals surface area contributed by atoms with Gasteiger partial charge in [0.1, 0.15) is 11.6 Å². The third-order valence-electron chi connectivity index (χ3n) is 5.33. The van der Waals surface area contributed by atoms with E-state index < -0.39 is 11.2 Å². The van der Waals surface area contributed by atoms with Crippen LogP contribution in [0.1, 0.15) is 5.56 Å². The SMILES string of the molecule is O=c1[nH]c2ccc(Oc3ncccn3)cc2c(=O)n1Cc1cccc(NC(=S)Nc2ccc(F)cc2)c1. The summed E-state index contributed by atoms with van der Waals surface area (Å²) >= 11 is 5.33. The summed E-state index contributed by atoms with van der Waals surface area (Å²) in [5, 5.41) is 6.61. The van der Waals surface area contributed by atoms with Crippen molar-refractivity contribution in [3.63, 3.8) is 0 Å². The van der Waals surface area contributed by atoms with E-state index in [-0.39, 0.29) is 23.8 Å². The van der Waals surface area contributed by atoms with Gasteiger partial charge in [0.2, 0.25) is 0 Å². The number of thiocarbonyl (C=S) groups is 1. The van der Waals surface area contributed by atoms with Crippen LogP contribution in [0, 0.1) is 5.82 Å². The van der Waals surface area contributed by atoms with E-state index in [1.54, 1.807) is 67.0 Å². The minimum atomic E-state index is -0.538. The van der Waals surface area contributed by atoms with Crippen molar-refractivity contribution in [2.75, 3.05) is 10.6 Å². The van der Waals surface area contributed by atoms with Crippen LogP contribution in [0.25, 0.3) is 10.9 Å². The summed E-state index contributed by atoms with van der Waals surface area (Å²) < 4.78 is 19.8. The van der Waals surface area contributed by atoms with E-state index in [4.69, 9.17) is 17.0 Å². The molecule has 0 atom stereocenters. The Balaban J connectivity index is 1.36. The van der Waals surface area contributed by atoms with E-state index in [1.165, 1.54) is 18.2 Å². The molecule has 2 heterocycles. The molecule has 0 unspecified atom stereocenters. The van der Waals surface area contributed by atoms with Gasteiger partial charge in [0.05, 0.1) is 17.4 Å². The Bertz CT molecular complexity index is 1700. The smallest absolute Gasteiger partial charge is 0.329 e. The standard InChI is InChI=1S/C26H19FN6O3S/c27-17-5-7-18(8-6-17)30-25(37)31-19-4-1-3-16(13-19)15-33-23(34)21-14-20(9-10-22(21)32-26(33)35)36-24-28-11-2-12-29-24/h1-14H,15H2,(H,32,35)(H2,30,31,37). The van der Waals surface area contributed by atoms with E-state index in [1.807, 2.05) is 0 Å². The highest BCUT2D eigenvalue weighted by Crippen LogP contribution is 2.20. The van der Waals surface area contributed by atoms with Crippen LogP contribution in [-0.4, -0.2) is 24.6 Å². The molecule has 0 radical (unpaired) electrons. The maximum Gasteiger partial charge on any atom is 0.329 e. The molecule has 0 saturated carbocycles. The van der Waals surface area contributed by atoms with Gasteiger partial charge in [-0.1, -0.05) is 12.1 Å². The molecule has 3 aromatic carbocycles. The van der Waals surface area contributed by atoms with E-state index in [0.29, 0.717) is 33.3 Å². The second kappa shape index (κ2) is 10.4. The zero-order valence-electron chi connectivity index (χ0n) is 19.1. The van der Waals surface area contributed by atoms with Gasteiger partial charge in [-0.25, -0.2) is 19.2 Å². The minimum Gasteiger partial charge on any atom is -0.424 e. The van der Waals surface area contributed by atoms with Crippen LogP contribution in [-0.2, 0) is 6.54 Å². The van der Waals surface area contributed by atoms with Gasteiger partial charge in [-0.3, -0.25) is 9.36 Å². The lowest BCUT2D eigenvalue weighted by Gasteiger charge is -2.12. The van der Waals surface area contributed by atoms with Crippen molar-refractivity contribution >= 4 is 39.6 Å². The van der Waals surface area contributed by atoms with E-state index in [0.717, 1.165) is 4.57 Å². The molecule has 0 aliphatic heterocycles. The summed E-state index contributed by atoms with van der Waals surface area (Å²) in [6.45, 7) is 0.0324. The van der Waals surface area contributed by atoms with Crippen molar-refractivity contribution in [1.82, 2.24) is 19.5 Å². The maximum absolute atomic E-state index is 13.2. The van der Waals surface area contributed by atoms with E-state index in [2.05, 4.69) is 25.6 Å². The molecule has 37 heavy (non-hydrogen) atoms. The van der Waals surface area contributed by atoms with Gasteiger partial charge in [0, 0.05) is 23.8 Å². The van der Waals surface area contributed by atoms with E-state index >= 15 is 0 Å². The number of benzene rings is 3. The molecule has 5 rings (SSSR count). The third kappa shape index (κ3) is 5.68. The molecule has 0 spiro atoms. The van der Waals surface area contributed by atoms with Crippen LogP contribution in [0.4, 0.5) is 15.8 Å². The molecule has 3 N–H and O–H groups in total. The van der Waals surface area contributed by atoms with Crippen molar-refractivity contribution in [3.8, 4) is 11.8 Å². The average Bonchev–Trinajstić information content (AvgIpc) is 2.89. The summed E-state index contributed by atoms with van der Waals surface area (Å²) in [6, 6.07) is 19.5. The highest BCUT2D eigenvalue weighted by molar-refractivity contribution is 7.80. The van der Waals surface area contributed by atoms with Crippen molar-refractivity contribution in [1.29, 1.82) is 0 Å². The molecule has 2 aromatic heterocycles. The van der Waals surface area contributed by atoms with Crippen LogP contribution < -0.4 is 26.6 Å². The van der Waals surface area contributed by atoms with Crippen LogP contribution in [0.2, 0.25) is 0 Å². The summed E-state index contributed by atoms with van der Waals surface area (Å²) in [5.41, 5.74) is 1.37. The number of ether oxygens (including phenoxy) is 1. The Morgan fingerprint density at radius 3 is 2.49 bits per heavy atom. The third-order valence-corrected chi connectivity index (χ3v) is 5.54. The molecule has 0 saturated heterocycles. The Morgan fingerprint density at radius 1 is 0.946 bits per heavy atom. The Morgan fingerprint density at radius 2 is 1.70 bits per heavy atom. The zero-order valence-corrected chi connectivity index (χ0v) is 20.0. The summed E-state index contributed by atoms with van der Waals surface area (Å²) in [7, 11) is 0. The second-order valence-corrected chi connectivity index (χ2v) is 8.36. The van der Waals surface area contributed by atoms with Gasteiger partial charge in [-0.2, -0.15) is 0 Å². The highest BCUT2D eigenvalue weighted by atomic mass is 32.1. The normalized spacial score (nSPS) is 10.7. The predicted octanol–water partition coefficient (Wildman–Crippen LogP) is 4.27. The molecule has 0 bridgehead atoms. The number of rotatable bonds is 6. The topological polar surface area (TPSA) is 114 Å². The van der Waals surface area contributed by atoms with Gasteiger partial charge in [0.25, 0.3) is 5.56 Å². The number of aromatic nitrogens is 4. The largest absolute Gasteiger partial charge is 0.424 e. The number of nitrogens with one attached hydrogen (secondary N) is 3. The van der Waals surface area contributed by atoms with Crippen molar-refractivity contribution in [3.05, 3.63) is 117 Å². The predicted molar refractivity (Wildman–Crippen MR) is 143 cm³/mol. The quantitative estimate of drug-likeness (QED) is 0.288. The van der Waals surface area contributed by atoms with Gasteiger partial charge in [-0.15, -0.1) is 0 Å². The Kier molecular flexibility index (Phi) is 6.68. The number of halogens is 1. The molecule has 0 amide bonds. The van der Waals surface area contributed by atoms with Crippen LogP contribution in [0.15, 0.2) is 94.8 Å². The van der Waals surface area contributed by atoms with Crippen LogP contribution >= 0.6 is 12.2 Å². The van der Waals surface area contributed by atoms with Gasteiger partial charge < -0.3 is 20.4 Å². The molecule has 184 valence electrons. The highest BCUT2D eigenvalue weighted by Gasteiger charge is 2.11. The lowest BCUT2D eigenvalue weighted by atomic mass is 10.2. The Hall–Kier alpha value is -4.90. The molecule has 0 fully saturated rings. The van der Waals surface area contributed by atoms with Crippen molar-refractivity contribution in [2.24, 2.45) is 0 Å². The maximum atomic E-state index is 13.2. The number of nitrogens with zero attached hydrogens (tertiary/aromatic N) is 3. The van der Waals surface area contributed by atoms with Crippen LogP contribution in [0.3, 0.4) is 0 Å². The average molecular weight is 515 g/mol. The fourth-order valence-electron chi connectivity index (χ4n) is 3.64. The molecular weight excluding hydrogens is 495 g/mol. The number of H-pyrrole nitrogens is 1. The summed E-state index contributed by atoms with van der Waals surface area (Å²) in [6.07, 6.45) is 3.09. The fraction of sp³-hybridized carbons (Fsp3) is 0.0385. The van der Waals surface area contributed by atoms with Crippen molar-refractivity contribution in [2.45, 2.75) is 6.54 Å². The number of hydrogen-bond acceptors (Lipinski definition) is 6. The fourth-order valence-corrected chi connectivity index (χ4v) is 3.87. The number of aromatic amines is 1. The Labute approximate surface area is 214 Å². The number of hydrogen-bond donors (Lipinski definition) is 3. The molecular formula is C26H19FN6O3S. The first-order chi connectivity index (χ1) is 17.9. The first kappa shape index (κ1) is 23.8. The summed E-state index contributed by atoms with van der Waals surface area (Å²) in [5.74, 6) is 0.0211. The minimum absolute atomic E-state index is 0.0324. The first-order valence-electron chi connectivity index (χ1n) is 11.1. The van der Waals surface area contributed by atoms with E-state index in [9.17, 15) is 14.0 Å². The molecule has 11 heteroatoms. The first-order valence-corrected chi connectivity index (χ1v) is 11.5. The molecule has 5 aromatic rings. The molecule has 0 aliphatic rings. The summed E-state index contributed by atoms with van der Waals surface area (Å²) in [4.78, 5) is 36.7. The molecule has 0 aliphatic carbocycles. The number of fused-ring (bicyclic) bond motifs is 1. The zero-order chi connectivity index (χ0) is 25.8. The second-order valence-electron chi connectivity index (χ2n) is 7.95. The van der Waals surface area contributed by atoms with Crippen LogP contribution in [0.5, 0.6) is 11.8 Å². The van der Waals surface area contributed by atoms with Gasteiger partial charge in [0.15, 0.2) is 5.11 Å². The molecule has 9 nitrogen and oxygen atoms in total. The monoisotopic (exact) mass is 514 g/mol. The van der Waals surface area contributed by atoms with Crippen molar-refractivity contribution < 1.29 is 9.13 Å². The van der Waals surface area contributed by atoms with Gasteiger partial charge >= 0.3 is 11.7 Å². The lowest BCUT2D eigenvalue weighted by Crippen LogP contribution is -2.35. The number of anilines is 2. The van der Waals surface area contributed by atoms with Gasteiger partial charge in [-0.05, 0) is 78.4 Å².